The van der Waals surface area contributed by atoms with Gasteiger partial charge in [-0.3, -0.25) is 4.79 Å². The molecule has 0 aliphatic carbocycles. The van der Waals surface area contributed by atoms with E-state index in [0.29, 0.717) is 6.42 Å². The molecule has 1 aromatic rings. The van der Waals surface area contributed by atoms with Gasteiger partial charge in [-0.05, 0) is 18.1 Å². The summed E-state index contributed by atoms with van der Waals surface area (Å²) in [5, 5.41) is 20.9. The van der Waals surface area contributed by atoms with Gasteiger partial charge in [-0.25, -0.2) is 9.78 Å². The van der Waals surface area contributed by atoms with Crippen molar-refractivity contribution in [2.24, 2.45) is 5.92 Å². The normalized spacial score (nSPS) is 13.7. The van der Waals surface area contributed by atoms with E-state index >= 15 is 0 Å². The Morgan fingerprint density at radius 1 is 1.50 bits per heavy atom. The maximum absolute atomic E-state index is 11.8. The SMILES string of the molecule is CCC(C)C(NC(=O)c1ncccc1O)C(=O)O. The van der Waals surface area contributed by atoms with Crippen LogP contribution in [0, 0.1) is 5.92 Å². The molecule has 1 amide bonds. The molecule has 0 spiro atoms. The lowest BCUT2D eigenvalue weighted by atomic mass is 9.99. The summed E-state index contributed by atoms with van der Waals surface area (Å²) >= 11 is 0. The second-order valence-corrected chi connectivity index (χ2v) is 4.05. The van der Waals surface area contributed by atoms with Crippen molar-refractivity contribution in [3.63, 3.8) is 0 Å². The molecule has 0 fully saturated rings. The van der Waals surface area contributed by atoms with Crippen LogP contribution >= 0.6 is 0 Å². The smallest absolute Gasteiger partial charge is 0.326 e. The van der Waals surface area contributed by atoms with Gasteiger partial charge in [0.2, 0.25) is 0 Å². The topological polar surface area (TPSA) is 99.5 Å². The Kier molecular flexibility index (Phi) is 4.65. The number of pyridine rings is 1. The molecule has 0 radical (unpaired) electrons. The molecule has 0 aliphatic rings. The third-order valence-electron chi connectivity index (χ3n) is 2.77. The van der Waals surface area contributed by atoms with Crippen molar-refractivity contribution in [3.05, 3.63) is 24.0 Å². The summed E-state index contributed by atoms with van der Waals surface area (Å²) in [6, 6.07) is 1.81. The molecule has 6 nitrogen and oxygen atoms in total. The Morgan fingerprint density at radius 2 is 2.17 bits per heavy atom. The van der Waals surface area contributed by atoms with E-state index in [1.807, 2.05) is 6.92 Å². The monoisotopic (exact) mass is 252 g/mol. The molecule has 3 N–H and O–H groups in total. The molecular formula is C12H16N2O4. The zero-order chi connectivity index (χ0) is 13.7. The minimum atomic E-state index is -1.10. The van der Waals surface area contributed by atoms with Gasteiger partial charge in [0.1, 0.15) is 11.8 Å². The number of carbonyl (C=O) groups excluding carboxylic acids is 1. The second kappa shape index (κ2) is 6.00. The lowest BCUT2D eigenvalue weighted by molar-refractivity contribution is -0.140. The van der Waals surface area contributed by atoms with Gasteiger partial charge in [-0.2, -0.15) is 0 Å². The molecule has 0 aliphatic heterocycles. The maximum atomic E-state index is 11.8. The first kappa shape index (κ1) is 14.0. The molecule has 1 rings (SSSR count). The van der Waals surface area contributed by atoms with E-state index in [-0.39, 0.29) is 17.4 Å². The van der Waals surface area contributed by atoms with Crippen LogP contribution in [0.5, 0.6) is 5.75 Å². The Labute approximate surface area is 105 Å². The van der Waals surface area contributed by atoms with Gasteiger partial charge in [-0.15, -0.1) is 0 Å². The van der Waals surface area contributed by atoms with E-state index in [9.17, 15) is 14.7 Å². The number of nitrogens with one attached hydrogen (secondary N) is 1. The average molecular weight is 252 g/mol. The number of carboxylic acids is 1. The predicted octanol–water partition coefficient (Wildman–Crippen LogP) is 1.02. The Balaban J connectivity index is 2.86. The highest BCUT2D eigenvalue weighted by Crippen LogP contribution is 2.14. The van der Waals surface area contributed by atoms with Crippen molar-refractivity contribution in [2.75, 3.05) is 0 Å². The van der Waals surface area contributed by atoms with E-state index in [4.69, 9.17) is 5.11 Å². The number of amides is 1. The molecule has 98 valence electrons. The van der Waals surface area contributed by atoms with Gasteiger partial charge in [0, 0.05) is 6.20 Å². The third-order valence-corrected chi connectivity index (χ3v) is 2.77. The summed E-state index contributed by atoms with van der Waals surface area (Å²) in [6.45, 7) is 3.57. The third kappa shape index (κ3) is 3.19. The molecule has 1 aromatic heterocycles. The molecule has 18 heavy (non-hydrogen) atoms. The van der Waals surface area contributed by atoms with Crippen LogP contribution in [0.3, 0.4) is 0 Å². The van der Waals surface area contributed by atoms with Crippen molar-refractivity contribution >= 4 is 11.9 Å². The molecule has 6 heteroatoms. The van der Waals surface area contributed by atoms with Crippen LogP contribution in [-0.4, -0.2) is 33.1 Å². The van der Waals surface area contributed by atoms with Crippen LogP contribution in [0.25, 0.3) is 0 Å². The van der Waals surface area contributed by atoms with Crippen molar-refractivity contribution in [2.45, 2.75) is 26.3 Å². The molecule has 0 saturated heterocycles. The summed E-state index contributed by atoms with van der Waals surface area (Å²) in [6.07, 6.45) is 1.97. The number of aromatic hydroxyl groups is 1. The number of aliphatic carboxylic acids is 1. The molecule has 2 atom stereocenters. The van der Waals surface area contributed by atoms with E-state index in [1.54, 1.807) is 6.92 Å². The zero-order valence-corrected chi connectivity index (χ0v) is 10.3. The van der Waals surface area contributed by atoms with Crippen LogP contribution in [0.1, 0.15) is 30.8 Å². The first-order valence-corrected chi connectivity index (χ1v) is 5.65. The van der Waals surface area contributed by atoms with Gasteiger partial charge >= 0.3 is 5.97 Å². The fourth-order valence-electron chi connectivity index (χ4n) is 1.46. The highest BCUT2D eigenvalue weighted by atomic mass is 16.4. The first-order valence-electron chi connectivity index (χ1n) is 5.65. The fraction of sp³-hybridized carbons (Fsp3) is 0.417. The standard InChI is InChI=1S/C12H16N2O4/c1-3-7(2)9(12(17)18)14-11(16)10-8(15)5-4-6-13-10/h4-7,9,15H,3H2,1-2H3,(H,14,16)(H,17,18). The number of aromatic nitrogens is 1. The Hall–Kier alpha value is -2.11. The van der Waals surface area contributed by atoms with Gasteiger partial charge in [0.15, 0.2) is 5.69 Å². The zero-order valence-electron chi connectivity index (χ0n) is 10.3. The van der Waals surface area contributed by atoms with E-state index in [2.05, 4.69) is 10.3 Å². The molecule has 0 aromatic carbocycles. The number of nitrogens with zero attached hydrogens (tertiary/aromatic N) is 1. The van der Waals surface area contributed by atoms with E-state index in [0.717, 1.165) is 0 Å². The van der Waals surface area contributed by atoms with E-state index in [1.165, 1.54) is 18.3 Å². The van der Waals surface area contributed by atoms with E-state index < -0.39 is 17.9 Å². The van der Waals surface area contributed by atoms with Gasteiger partial charge in [0.05, 0.1) is 0 Å². The largest absolute Gasteiger partial charge is 0.505 e. The number of hydrogen-bond donors (Lipinski definition) is 3. The lowest BCUT2D eigenvalue weighted by Gasteiger charge is -2.19. The van der Waals surface area contributed by atoms with Gasteiger partial charge in [0.25, 0.3) is 5.91 Å². The number of hydrogen-bond acceptors (Lipinski definition) is 4. The molecule has 0 saturated carbocycles. The molecule has 1 heterocycles. The van der Waals surface area contributed by atoms with Gasteiger partial charge < -0.3 is 15.5 Å². The predicted molar refractivity (Wildman–Crippen MR) is 64.2 cm³/mol. The van der Waals surface area contributed by atoms with Gasteiger partial charge in [-0.1, -0.05) is 20.3 Å². The second-order valence-electron chi connectivity index (χ2n) is 4.05. The highest BCUT2D eigenvalue weighted by molar-refractivity contribution is 5.97. The van der Waals surface area contributed by atoms with Crippen molar-refractivity contribution in [1.29, 1.82) is 0 Å². The average Bonchev–Trinajstić information content (AvgIpc) is 2.35. The molecule has 2 unspecified atom stereocenters. The molecule has 0 bridgehead atoms. The Morgan fingerprint density at radius 3 is 2.67 bits per heavy atom. The summed E-state index contributed by atoms with van der Waals surface area (Å²) < 4.78 is 0. The number of carbonyl (C=O) groups is 2. The lowest BCUT2D eigenvalue weighted by Crippen LogP contribution is -2.45. The Bertz CT molecular complexity index is 447. The summed E-state index contributed by atoms with van der Waals surface area (Å²) in [7, 11) is 0. The van der Waals surface area contributed by atoms with Crippen molar-refractivity contribution in [1.82, 2.24) is 10.3 Å². The molecular weight excluding hydrogens is 236 g/mol. The van der Waals surface area contributed by atoms with Crippen LogP contribution in [0.2, 0.25) is 0 Å². The van der Waals surface area contributed by atoms with Crippen LogP contribution in [-0.2, 0) is 4.79 Å². The minimum absolute atomic E-state index is 0.174. The fourth-order valence-corrected chi connectivity index (χ4v) is 1.46. The number of rotatable bonds is 5. The summed E-state index contributed by atoms with van der Waals surface area (Å²) in [4.78, 5) is 26.6. The van der Waals surface area contributed by atoms with Crippen LogP contribution in [0.4, 0.5) is 0 Å². The summed E-state index contributed by atoms with van der Waals surface area (Å²) in [5.41, 5.74) is -0.174. The van der Waals surface area contributed by atoms with Crippen molar-refractivity contribution in [3.8, 4) is 5.75 Å². The quantitative estimate of drug-likeness (QED) is 0.726. The van der Waals surface area contributed by atoms with Crippen molar-refractivity contribution < 1.29 is 19.8 Å². The number of carboxylic acid groups (broad SMARTS) is 1. The highest BCUT2D eigenvalue weighted by Gasteiger charge is 2.26. The summed E-state index contributed by atoms with van der Waals surface area (Å²) in [5.74, 6) is -2.28. The van der Waals surface area contributed by atoms with Crippen LogP contribution < -0.4 is 5.32 Å². The van der Waals surface area contributed by atoms with Crippen LogP contribution in [0.15, 0.2) is 18.3 Å². The minimum Gasteiger partial charge on any atom is -0.505 e. The first-order chi connectivity index (χ1) is 8.47. The maximum Gasteiger partial charge on any atom is 0.326 e.